The van der Waals surface area contributed by atoms with Crippen LogP contribution >= 0.6 is 11.3 Å². The molecule has 0 bridgehead atoms. The standard InChI is InChI=1S/C52H36N4S/c1-3-17-41-42-26-16-25-39(49(42)57-48(41)4-2)37-28-30-47-44(32-37)40-24-14-15-27-45(40)56(47)46-31-29-38(33-43(46)34-18-8-5-9-19-34)52-54-50(35-20-10-6-11-21-35)53-51(55-52)36-22-12-7-13-23-36/h3-33H,2H2,1H3/b17-3-. The Labute approximate surface area is 335 Å². The van der Waals surface area contributed by atoms with Crippen LogP contribution in [0.2, 0.25) is 0 Å². The van der Waals surface area contributed by atoms with Gasteiger partial charge in [0.25, 0.3) is 0 Å². The Hall–Kier alpha value is -7.21. The van der Waals surface area contributed by atoms with Crippen LogP contribution < -0.4 is 0 Å². The topological polar surface area (TPSA) is 43.6 Å². The van der Waals surface area contributed by atoms with Gasteiger partial charge in [0.2, 0.25) is 0 Å². The average Bonchev–Trinajstić information content (AvgIpc) is 3.82. The average molecular weight is 749 g/mol. The van der Waals surface area contributed by atoms with Gasteiger partial charge in [-0.3, -0.25) is 0 Å². The SMILES string of the molecule is C=Cc1sc2c(-c3ccc4c(c3)c3ccccc3n4-c3ccc(-c4nc(-c5ccccc5)nc(-c5ccccc5)n4)cc3-c3ccccc3)cccc2c1/C=C\C. The first-order valence-corrected chi connectivity index (χ1v) is 19.9. The van der Waals surface area contributed by atoms with Gasteiger partial charge in [-0.25, -0.2) is 15.0 Å². The van der Waals surface area contributed by atoms with Crippen LogP contribution in [0.25, 0.3) is 106 Å². The molecule has 0 atom stereocenters. The van der Waals surface area contributed by atoms with Gasteiger partial charge in [0.05, 0.1) is 16.7 Å². The lowest BCUT2D eigenvalue weighted by atomic mass is 9.99. The lowest BCUT2D eigenvalue weighted by Gasteiger charge is -2.16. The Balaban J connectivity index is 1.18. The molecule has 5 heteroatoms. The third-order valence-corrected chi connectivity index (χ3v) is 11.8. The van der Waals surface area contributed by atoms with Crippen LogP contribution in [0.3, 0.4) is 0 Å². The molecule has 0 fully saturated rings. The lowest BCUT2D eigenvalue weighted by Crippen LogP contribution is -2.02. The van der Waals surface area contributed by atoms with Gasteiger partial charge >= 0.3 is 0 Å². The van der Waals surface area contributed by atoms with Crippen molar-refractivity contribution in [1.29, 1.82) is 0 Å². The summed E-state index contributed by atoms with van der Waals surface area (Å²) in [6.45, 7) is 6.19. The van der Waals surface area contributed by atoms with E-state index in [1.54, 1.807) is 11.3 Å². The van der Waals surface area contributed by atoms with E-state index in [1.165, 1.54) is 42.4 Å². The first-order chi connectivity index (χ1) is 28.2. The van der Waals surface area contributed by atoms with E-state index in [0.29, 0.717) is 17.5 Å². The molecule has 0 aliphatic carbocycles. The van der Waals surface area contributed by atoms with E-state index in [1.807, 2.05) is 66.7 Å². The molecule has 4 nitrogen and oxygen atoms in total. The molecule has 57 heavy (non-hydrogen) atoms. The molecule has 0 saturated heterocycles. The Bertz CT molecular complexity index is 3080. The Morgan fingerprint density at radius 1 is 0.491 bits per heavy atom. The van der Waals surface area contributed by atoms with E-state index in [-0.39, 0.29) is 0 Å². The number of nitrogens with zero attached hydrogens (tertiary/aromatic N) is 4. The lowest BCUT2D eigenvalue weighted by molar-refractivity contribution is 1.07. The summed E-state index contributed by atoms with van der Waals surface area (Å²) in [5, 5.41) is 3.66. The first kappa shape index (κ1) is 34.3. The van der Waals surface area contributed by atoms with Crippen LogP contribution in [0.4, 0.5) is 0 Å². The molecule has 0 N–H and O–H groups in total. The van der Waals surface area contributed by atoms with Crippen molar-refractivity contribution in [3.8, 4) is 62.1 Å². The van der Waals surface area contributed by atoms with Crippen LogP contribution in [-0.4, -0.2) is 19.5 Å². The predicted molar refractivity (Wildman–Crippen MR) is 242 cm³/mol. The zero-order valence-corrected chi connectivity index (χ0v) is 32.1. The molecule has 0 radical (unpaired) electrons. The molecule has 0 aliphatic heterocycles. The van der Waals surface area contributed by atoms with Crippen LogP contribution in [-0.2, 0) is 0 Å². The van der Waals surface area contributed by atoms with Crippen LogP contribution in [0, 0.1) is 0 Å². The molecule has 3 heterocycles. The van der Waals surface area contributed by atoms with E-state index in [0.717, 1.165) is 44.5 Å². The van der Waals surface area contributed by atoms with Crippen molar-refractivity contribution in [2.24, 2.45) is 0 Å². The Kier molecular flexibility index (Phi) is 8.70. The molecule has 0 aliphatic rings. The zero-order chi connectivity index (χ0) is 38.3. The van der Waals surface area contributed by atoms with Gasteiger partial charge in [-0.15, -0.1) is 11.3 Å². The van der Waals surface area contributed by atoms with Crippen molar-refractivity contribution in [1.82, 2.24) is 19.5 Å². The number of aromatic nitrogens is 4. The van der Waals surface area contributed by atoms with E-state index in [9.17, 15) is 0 Å². The number of rotatable bonds is 8. The zero-order valence-electron chi connectivity index (χ0n) is 31.3. The molecular formula is C52H36N4S. The number of allylic oxidation sites excluding steroid dienone is 1. The normalized spacial score (nSPS) is 11.6. The second kappa shape index (κ2) is 14.5. The van der Waals surface area contributed by atoms with Crippen molar-refractivity contribution < 1.29 is 0 Å². The minimum atomic E-state index is 0.623. The summed E-state index contributed by atoms with van der Waals surface area (Å²) in [4.78, 5) is 16.3. The third-order valence-electron chi connectivity index (χ3n) is 10.6. The number of thiophene rings is 1. The second-order valence-electron chi connectivity index (χ2n) is 14.0. The Morgan fingerprint density at radius 3 is 1.74 bits per heavy atom. The fraction of sp³-hybridized carbons (Fsp3) is 0.0192. The van der Waals surface area contributed by atoms with Gasteiger partial charge in [0.1, 0.15) is 0 Å². The second-order valence-corrected chi connectivity index (χ2v) is 15.0. The van der Waals surface area contributed by atoms with Crippen molar-refractivity contribution in [2.45, 2.75) is 6.92 Å². The number of para-hydroxylation sites is 1. The monoisotopic (exact) mass is 748 g/mol. The maximum Gasteiger partial charge on any atom is 0.164 e. The van der Waals surface area contributed by atoms with Gasteiger partial charge in [0, 0.05) is 48.0 Å². The van der Waals surface area contributed by atoms with Crippen molar-refractivity contribution in [3.63, 3.8) is 0 Å². The smallest absolute Gasteiger partial charge is 0.164 e. The van der Waals surface area contributed by atoms with Gasteiger partial charge < -0.3 is 4.57 Å². The highest BCUT2D eigenvalue weighted by Crippen LogP contribution is 2.43. The van der Waals surface area contributed by atoms with Gasteiger partial charge in [-0.05, 0) is 65.6 Å². The third kappa shape index (κ3) is 6.06. The van der Waals surface area contributed by atoms with E-state index in [4.69, 9.17) is 15.0 Å². The highest BCUT2D eigenvalue weighted by atomic mass is 32.1. The molecule has 7 aromatic carbocycles. The molecule has 270 valence electrons. The Morgan fingerprint density at radius 2 is 1.07 bits per heavy atom. The molecule has 3 aromatic heterocycles. The summed E-state index contributed by atoms with van der Waals surface area (Å²) < 4.78 is 3.68. The number of benzene rings is 7. The molecule has 0 amide bonds. The summed E-state index contributed by atoms with van der Waals surface area (Å²) >= 11 is 1.81. The van der Waals surface area contributed by atoms with Gasteiger partial charge in [0.15, 0.2) is 17.5 Å². The predicted octanol–water partition coefficient (Wildman–Crippen LogP) is 14.2. The van der Waals surface area contributed by atoms with Crippen molar-refractivity contribution in [3.05, 3.63) is 193 Å². The fourth-order valence-electron chi connectivity index (χ4n) is 7.93. The quantitative estimate of drug-likeness (QED) is 0.155. The van der Waals surface area contributed by atoms with Crippen LogP contribution in [0.1, 0.15) is 17.4 Å². The van der Waals surface area contributed by atoms with Crippen LogP contribution in [0.15, 0.2) is 183 Å². The summed E-state index contributed by atoms with van der Waals surface area (Å²) in [6, 6.07) is 59.7. The summed E-state index contributed by atoms with van der Waals surface area (Å²) in [7, 11) is 0. The maximum atomic E-state index is 5.07. The highest BCUT2D eigenvalue weighted by molar-refractivity contribution is 7.20. The summed E-state index contributed by atoms with van der Waals surface area (Å²) in [6.07, 6.45) is 6.27. The number of fused-ring (bicyclic) bond motifs is 4. The molecule has 10 rings (SSSR count). The minimum Gasteiger partial charge on any atom is -0.309 e. The first-order valence-electron chi connectivity index (χ1n) is 19.1. The number of hydrogen-bond acceptors (Lipinski definition) is 4. The molecule has 0 spiro atoms. The molecular weight excluding hydrogens is 713 g/mol. The molecule has 10 aromatic rings. The van der Waals surface area contributed by atoms with E-state index < -0.39 is 0 Å². The van der Waals surface area contributed by atoms with E-state index >= 15 is 0 Å². The van der Waals surface area contributed by atoms with Crippen LogP contribution in [0.5, 0.6) is 0 Å². The van der Waals surface area contributed by atoms with E-state index in [2.05, 4.69) is 139 Å². The number of hydrogen-bond donors (Lipinski definition) is 0. The molecule has 0 saturated carbocycles. The summed E-state index contributed by atoms with van der Waals surface area (Å²) in [5.74, 6) is 1.90. The van der Waals surface area contributed by atoms with Crippen molar-refractivity contribution in [2.75, 3.05) is 0 Å². The fourth-order valence-corrected chi connectivity index (χ4v) is 9.11. The minimum absolute atomic E-state index is 0.623. The van der Waals surface area contributed by atoms with Crippen molar-refractivity contribution >= 4 is 55.4 Å². The molecule has 0 unspecified atom stereocenters. The maximum absolute atomic E-state index is 5.07. The van der Waals surface area contributed by atoms with Gasteiger partial charge in [-0.2, -0.15) is 0 Å². The largest absolute Gasteiger partial charge is 0.309 e. The van der Waals surface area contributed by atoms with Gasteiger partial charge in [-0.1, -0.05) is 158 Å². The summed E-state index contributed by atoms with van der Waals surface area (Å²) in [5.41, 5.74) is 12.0. The highest BCUT2D eigenvalue weighted by Gasteiger charge is 2.20.